The van der Waals surface area contributed by atoms with E-state index in [2.05, 4.69) is 15.3 Å². The molecule has 0 radical (unpaired) electrons. The Morgan fingerprint density at radius 2 is 2.03 bits per heavy atom. The number of aromatic nitrogens is 2. The Morgan fingerprint density at radius 3 is 2.70 bits per heavy atom. The van der Waals surface area contributed by atoms with Crippen LogP contribution >= 0.6 is 11.6 Å². The number of carbonyl (C=O) groups excluding carboxylic acids is 1. The fourth-order valence-electron chi connectivity index (χ4n) is 3.80. The SMILES string of the molecule is Nc1cc(CNc2nc(Cl)nc3c2CN(C(=O)C2CCC2)CC3)cc(C(F)(F)F)c1. The number of nitrogen functional groups attached to an aromatic ring is 1. The highest BCUT2D eigenvalue weighted by Gasteiger charge is 2.33. The molecule has 2 aliphatic rings. The van der Waals surface area contributed by atoms with E-state index in [1.54, 1.807) is 4.90 Å². The number of hydrogen-bond donors (Lipinski definition) is 2. The lowest BCUT2D eigenvalue weighted by atomic mass is 9.84. The van der Waals surface area contributed by atoms with E-state index in [0.29, 0.717) is 30.9 Å². The molecule has 0 bridgehead atoms. The van der Waals surface area contributed by atoms with E-state index in [4.69, 9.17) is 17.3 Å². The number of nitrogens with two attached hydrogens (primary N) is 1. The van der Waals surface area contributed by atoms with Crippen LogP contribution in [0.15, 0.2) is 18.2 Å². The molecule has 160 valence electrons. The molecule has 10 heteroatoms. The van der Waals surface area contributed by atoms with E-state index in [-0.39, 0.29) is 29.3 Å². The fraction of sp³-hybridized carbons (Fsp3) is 0.450. The van der Waals surface area contributed by atoms with E-state index in [0.717, 1.165) is 42.7 Å². The van der Waals surface area contributed by atoms with Gasteiger partial charge < -0.3 is 16.0 Å². The van der Waals surface area contributed by atoms with Gasteiger partial charge in [0.1, 0.15) is 5.82 Å². The number of nitrogens with one attached hydrogen (secondary N) is 1. The summed E-state index contributed by atoms with van der Waals surface area (Å²) in [6, 6.07) is 3.42. The van der Waals surface area contributed by atoms with Gasteiger partial charge in [0.25, 0.3) is 0 Å². The third kappa shape index (κ3) is 4.30. The molecule has 1 fully saturated rings. The Labute approximate surface area is 176 Å². The second-order valence-corrected chi connectivity index (χ2v) is 8.06. The van der Waals surface area contributed by atoms with Crippen molar-refractivity contribution in [2.75, 3.05) is 17.6 Å². The molecule has 1 amide bonds. The number of amides is 1. The van der Waals surface area contributed by atoms with Gasteiger partial charge in [0.15, 0.2) is 0 Å². The third-order valence-corrected chi connectivity index (χ3v) is 5.77. The minimum Gasteiger partial charge on any atom is -0.399 e. The number of alkyl halides is 3. The summed E-state index contributed by atoms with van der Waals surface area (Å²) in [6.45, 7) is 0.999. The summed E-state index contributed by atoms with van der Waals surface area (Å²) in [5, 5.41) is 3.11. The molecule has 1 aliphatic carbocycles. The second kappa shape index (κ2) is 7.94. The average molecular weight is 440 g/mol. The minimum atomic E-state index is -4.48. The largest absolute Gasteiger partial charge is 0.416 e. The molecule has 2 aromatic rings. The third-order valence-electron chi connectivity index (χ3n) is 5.60. The van der Waals surface area contributed by atoms with Gasteiger partial charge in [-0.25, -0.2) is 9.97 Å². The van der Waals surface area contributed by atoms with Gasteiger partial charge in [-0.15, -0.1) is 0 Å². The quantitative estimate of drug-likeness (QED) is 0.555. The van der Waals surface area contributed by atoms with Crippen LogP contribution in [-0.4, -0.2) is 27.3 Å². The minimum absolute atomic E-state index is 0.0293. The van der Waals surface area contributed by atoms with Crippen LogP contribution in [-0.2, 0) is 30.5 Å². The maximum atomic E-state index is 13.1. The van der Waals surface area contributed by atoms with Crippen molar-refractivity contribution in [3.63, 3.8) is 0 Å². The number of rotatable bonds is 4. The first-order chi connectivity index (χ1) is 14.2. The van der Waals surface area contributed by atoms with Gasteiger partial charge in [-0.2, -0.15) is 13.2 Å². The van der Waals surface area contributed by atoms with E-state index in [9.17, 15) is 18.0 Å². The van der Waals surface area contributed by atoms with Crippen LogP contribution < -0.4 is 11.1 Å². The number of anilines is 2. The summed E-state index contributed by atoms with van der Waals surface area (Å²) in [4.78, 5) is 22.9. The monoisotopic (exact) mass is 439 g/mol. The first kappa shape index (κ1) is 20.7. The number of fused-ring (bicyclic) bond motifs is 1. The van der Waals surface area contributed by atoms with E-state index < -0.39 is 11.7 Å². The molecule has 0 saturated heterocycles. The molecule has 1 aliphatic heterocycles. The molecule has 6 nitrogen and oxygen atoms in total. The number of nitrogens with zero attached hydrogens (tertiary/aromatic N) is 3. The highest BCUT2D eigenvalue weighted by molar-refractivity contribution is 6.28. The Bertz CT molecular complexity index is 978. The standard InChI is InChI=1S/C20H21ClF3N5O/c21-19-27-16-4-5-29(18(30)12-2-1-3-12)10-15(16)17(28-19)26-9-11-6-13(20(22,23)24)8-14(25)7-11/h6-8,12H,1-5,9-10,25H2,(H,26,27,28). The Balaban J connectivity index is 1.55. The summed E-state index contributed by atoms with van der Waals surface area (Å²) in [5.74, 6) is 0.648. The van der Waals surface area contributed by atoms with E-state index >= 15 is 0 Å². The fourth-order valence-corrected chi connectivity index (χ4v) is 3.99. The van der Waals surface area contributed by atoms with Gasteiger partial charge in [0.2, 0.25) is 11.2 Å². The normalized spacial score (nSPS) is 16.7. The molecule has 0 spiro atoms. The molecular weight excluding hydrogens is 419 g/mol. The summed E-state index contributed by atoms with van der Waals surface area (Å²) < 4.78 is 39.2. The van der Waals surface area contributed by atoms with Crippen LogP contribution in [0.4, 0.5) is 24.7 Å². The summed E-state index contributed by atoms with van der Waals surface area (Å²) in [6.07, 6.45) is -1.01. The molecule has 1 aromatic carbocycles. The van der Waals surface area contributed by atoms with Crippen LogP contribution in [0.25, 0.3) is 0 Å². The van der Waals surface area contributed by atoms with Gasteiger partial charge in [-0.3, -0.25) is 4.79 Å². The molecule has 4 rings (SSSR count). The first-order valence-corrected chi connectivity index (χ1v) is 10.1. The van der Waals surface area contributed by atoms with Crippen molar-refractivity contribution in [3.8, 4) is 0 Å². The second-order valence-electron chi connectivity index (χ2n) is 7.72. The molecule has 30 heavy (non-hydrogen) atoms. The highest BCUT2D eigenvalue weighted by Crippen LogP contribution is 2.33. The predicted molar refractivity (Wildman–Crippen MR) is 107 cm³/mol. The van der Waals surface area contributed by atoms with E-state index in [1.807, 2.05) is 0 Å². The zero-order chi connectivity index (χ0) is 21.5. The lowest BCUT2D eigenvalue weighted by Gasteiger charge is -2.35. The van der Waals surface area contributed by atoms with Crippen LogP contribution in [0, 0.1) is 5.92 Å². The van der Waals surface area contributed by atoms with Crippen molar-refractivity contribution in [1.29, 1.82) is 0 Å². The number of carbonyl (C=O) groups is 1. The maximum Gasteiger partial charge on any atom is 0.416 e. The van der Waals surface area contributed by atoms with Gasteiger partial charge in [-0.05, 0) is 48.2 Å². The molecule has 3 N–H and O–H groups in total. The summed E-state index contributed by atoms with van der Waals surface area (Å²) in [7, 11) is 0. The molecule has 2 heterocycles. The van der Waals surface area contributed by atoms with Crippen molar-refractivity contribution in [2.45, 2.75) is 44.9 Å². The van der Waals surface area contributed by atoms with Crippen molar-refractivity contribution in [1.82, 2.24) is 14.9 Å². The van der Waals surface area contributed by atoms with Crippen LogP contribution in [0.1, 0.15) is 41.6 Å². The van der Waals surface area contributed by atoms with Gasteiger partial charge in [-0.1, -0.05) is 6.42 Å². The van der Waals surface area contributed by atoms with Gasteiger partial charge in [0, 0.05) is 36.7 Å². The molecule has 1 saturated carbocycles. The van der Waals surface area contributed by atoms with Crippen molar-refractivity contribution >= 4 is 29.0 Å². The topological polar surface area (TPSA) is 84.1 Å². The summed E-state index contributed by atoms with van der Waals surface area (Å²) >= 11 is 6.04. The Morgan fingerprint density at radius 1 is 1.27 bits per heavy atom. The Kier molecular flexibility index (Phi) is 5.48. The molecular formula is C20H21ClF3N5O. The van der Waals surface area contributed by atoms with Crippen LogP contribution in [0.3, 0.4) is 0 Å². The van der Waals surface area contributed by atoms with Gasteiger partial charge >= 0.3 is 6.18 Å². The number of hydrogen-bond acceptors (Lipinski definition) is 5. The van der Waals surface area contributed by atoms with Gasteiger partial charge in [0.05, 0.1) is 17.8 Å². The Hall–Kier alpha value is -2.55. The van der Waals surface area contributed by atoms with Crippen LogP contribution in [0.5, 0.6) is 0 Å². The van der Waals surface area contributed by atoms with Crippen molar-refractivity contribution in [2.24, 2.45) is 5.92 Å². The first-order valence-electron chi connectivity index (χ1n) is 9.75. The molecule has 1 aromatic heterocycles. The lowest BCUT2D eigenvalue weighted by Crippen LogP contribution is -2.42. The number of halogens is 4. The van der Waals surface area contributed by atoms with Crippen molar-refractivity contribution in [3.05, 3.63) is 45.9 Å². The summed E-state index contributed by atoms with van der Waals surface area (Å²) in [5.41, 5.74) is 6.72. The molecule has 0 unspecified atom stereocenters. The smallest absolute Gasteiger partial charge is 0.399 e. The average Bonchev–Trinajstić information content (AvgIpc) is 2.63. The van der Waals surface area contributed by atoms with E-state index in [1.165, 1.54) is 6.07 Å². The number of benzene rings is 1. The zero-order valence-corrected chi connectivity index (χ0v) is 16.9. The maximum absolute atomic E-state index is 13.1. The highest BCUT2D eigenvalue weighted by atomic mass is 35.5. The predicted octanol–water partition coefficient (Wildman–Crippen LogP) is 4.03. The van der Waals surface area contributed by atoms with Crippen molar-refractivity contribution < 1.29 is 18.0 Å². The van der Waals surface area contributed by atoms with Crippen LogP contribution in [0.2, 0.25) is 5.28 Å². The zero-order valence-electron chi connectivity index (χ0n) is 16.1. The molecule has 0 atom stereocenters. The lowest BCUT2D eigenvalue weighted by molar-refractivity contribution is -0.139.